The SMILES string of the molecule is CCn1c(C(C)N(CCOC)C(=O)Nc2ccccc2F)nc2cc(Cl)ccc2c1=O. The van der Waals surface area contributed by atoms with Crippen molar-refractivity contribution in [3.8, 4) is 0 Å². The van der Waals surface area contributed by atoms with Crippen LogP contribution in [-0.2, 0) is 11.3 Å². The molecule has 9 heteroatoms. The lowest BCUT2D eigenvalue weighted by molar-refractivity contribution is 0.136. The number of carbonyl (C=O) groups is 1. The van der Waals surface area contributed by atoms with Crippen molar-refractivity contribution in [2.75, 3.05) is 25.6 Å². The molecule has 7 nitrogen and oxygen atoms in total. The van der Waals surface area contributed by atoms with Gasteiger partial charge >= 0.3 is 6.03 Å². The number of rotatable bonds is 7. The topological polar surface area (TPSA) is 76.5 Å². The Hall–Kier alpha value is -2.97. The largest absolute Gasteiger partial charge is 0.383 e. The van der Waals surface area contributed by atoms with Crippen LogP contribution in [0.4, 0.5) is 14.9 Å². The monoisotopic (exact) mass is 446 g/mol. The average Bonchev–Trinajstić information content (AvgIpc) is 2.75. The molecule has 0 aliphatic rings. The molecular formula is C22H24ClFN4O3. The Bertz CT molecular complexity index is 1150. The highest BCUT2D eigenvalue weighted by Crippen LogP contribution is 2.23. The van der Waals surface area contributed by atoms with Gasteiger partial charge < -0.3 is 15.0 Å². The highest BCUT2D eigenvalue weighted by atomic mass is 35.5. The zero-order valence-electron chi connectivity index (χ0n) is 17.6. The fraction of sp³-hybridized carbons (Fsp3) is 0.318. The van der Waals surface area contributed by atoms with Crippen LogP contribution in [-0.4, -0.2) is 40.7 Å². The third-order valence-electron chi connectivity index (χ3n) is 5.02. The molecule has 1 heterocycles. The molecule has 0 aliphatic carbocycles. The van der Waals surface area contributed by atoms with Crippen LogP contribution in [0.2, 0.25) is 5.02 Å². The van der Waals surface area contributed by atoms with E-state index in [4.69, 9.17) is 16.3 Å². The second kappa shape index (κ2) is 9.89. The van der Waals surface area contributed by atoms with Crippen LogP contribution in [0.25, 0.3) is 10.9 Å². The van der Waals surface area contributed by atoms with Crippen LogP contribution >= 0.6 is 11.6 Å². The highest BCUT2D eigenvalue weighted by molar-refractivity contribution is 6.31. The van der Waals surface area contributed by atoms with Gasteiger partial charge in [0, 0.05) is 25.2 Å². The van der Waals surface area contributed by atoms with Crippen molar-refractivity contribution in [2.24, 2.45) is 0 Å². The number of aromatic nitrogens is 2. The summed E-state index contributed by atoms with van der Waals surface area (Å²) in [5, 5.41) is 3.49. The zero-order valence-corrected chi connectivity index (χ0v) is 18.3. The molecule has 0 bridgehead atoms. The van der Waals surface area contributed by atoms with E-state index in [-0.39, 0.29) is 24.4 Å². The molecule has 0 spiro atoms. The number of halogens is 2. The van der Waals surface area contributed by atoms with Gasteiger partial charge in [-0.2, -0.15) is 0 Å². The molecule has 1 unspecified atom stereocenters. The minimum atomic E-state index is -0.599. The summed E-state index contributed by atoms with van der Waals surface area (Å²) in [6.45, 7) is 4.44. The number of hydrogen-bond donors (Lipinski definition) is 1. The molecule has 2 amide bonds. The van der Waals surface area contributed by atoms with E-state index in [9.17, 15) is 14.0 Å². The summed E-state index contributed by atoms with van der Waals surface area (Å²) in [7, 11) is 1.52. The quantitative estimate of drug-likeness (QED) is 0.581. The molecule has 0 saturated carbocycles. The van der Waals surface area contributed by atoms with Gasteiger partial charge in [0.2, 0.25) is 0 Å². The molecule has 3 aromatic rings. The lowest BCUT2D eigenvalue weighted by Gasteiger charge is -2.30. The number of nitrogens with one attached hydrogen (secondary N) is 1. The summed E-state index contributed by atoms with van der Waals surface area (Å²) in [4.78, 5) is 32.2. The van der Waals surface area contributed by atoms with Crippen molar-refractivity contribution in [1.29, 1.82) is 0 Å². The summed E-state index contributed by atoms with van der Waals surface area (Å²) >= 11 is 6.09. The number of methoxy groups -OCH3 is 1. The number of nitrogens with zero attached hydrogens (tertiary/aromatic N) is 3. The van der Waals surface area contributed by atoms with Gasteiger partial charge in [0.05, 0.1) is 29.2 Å². The van der Waals surface area contributed by atoms with E-state index in [2.05, 4.69) is 10.3 Å². The van der Waals surface area contributed by atoms with Crippen molar-refractivity contribution in [1.82, 2.24) is 14.5 Å². The normalized spacial score (nSPS) is 12.0. The van der Waals surface area contributed by atoms with Crippen LogP contribution in [0.1, 0.15) is 25.7 Å². The summed E-state index contributed by atoms with van der Waals surface area (Å²) in [5.41, 5.74) is 0.297. The second-order valence-corrected chi connectivity index (χ2v) is 7.39. The van der Waals surface area contributed by atoms with Gasteiger partial charge in [0.15, 0.2) is 0 Å². The molecule has 0 radical (unpaired) electrons. The van der Waals surface area contributed by atoms with Gasteiger partial charge in [0.25, 0.3) is 5.56 Å². The fourth-order valence-corrected chi connectivity index (χ4v) is 3.55. The Labute approximate surface area is 184 Å². The van der Waals surface area contributed by atoms with Gasteiger partial charge in [-0.15, -0.1) is 0 Å². The van der Waals surface area contributed by atoms with Crippen LogP contribution < -0.4 is 10.9 Å². The van der Waals surface area contributed by atoms with Gasteiger partial charge in [-0.3, -0.25) is 9.36 Å². The van der Waals surface area contributed by atoms with Crippen molar-refractivity contribution in [2.45, 2.75) is 26.4 Å². The molecular weight excluding hydrogens is 423 g/mol. The molecule has 164 valence electrons. The number of urea groups is 1. The molecule has 1 atom stereocenters. The Balaban J connectivity index is 2.03. The van der Waals surface area contributed by atoms with Crippen LogP contribution in [0.5, 0.6) is 0 Å². The Morgan fingerprint density at radius 1 is 1.32 bits per heavy atom. The first-order valence-corrected chi connectivity index (χ1v) is 10.3. The second-order valence-electron chi connectivity index (χ2n) is 6.95. The van der Waals surface area contributed by atoms with E-state index in [0.717, 1.165) is 0 Å². The predicted molar refractivity (Wildman–Crippen MR) is 119 cm³/mol. The molecule has 0 fully saturated rings. The molecule has 31 heavy (non-hydrogen) atoms. The first-order valence-electron chi connectivity index (χ1n) is 9.88. The van der Waals surface area contributed by atoms with E-state index in [1.165, 1.54) is 28.7 Å². The van der Waals surface area contributed by atoms with Crippen molar-refractivity contribution in [3.05, 3.63) is 69.5 Å². The van der Waals surface area contributed by atoms with E-state index in [1.54, 1.807) is 37.3 Å². The Morgan fingerprint density at radius 3 is 2.74 bits per heavy atom. The smallest absolute Gasteiger partial charge is 0.322 e. The molecule has 0 aliphatic heterocycles. The van der Waals surface area contributed by atoms with Crippen molar-refractivity contribution < 1.29 is 13.9 Å². The third-order valence-corrected chi connectivity index (χ3v) is 5.25. The van der Waals surface area contributed by atoms with Crippen molar-refractivity contribution >= 4 is 34.2 Å². The minimum Gasteiger partial charge on any atom is -0.383 e. The van der Waals surface area contributed by atoms with Gasteiger partial charge in [-0.25, -0.2) is 14.2 Å². The van der Waals surface area contributed by atoms with E-state index in [1.807, 2.05) is 6.92 Å². The summed E-state index contributed by atoms with van der Waals surface area (Å²) < 4.78 is 20.7. The number of benzene rings is 2. The van der Waals surface area contributed by atoms with Crippen molar-refractivity contribution in [3.63, 3.8) is 0 Å². The standard InChI is InChI=1S/C22H24ClFN4O3/c1-4-27-20(25-19-13-15(23)9-10-16(19)21(27)29)14(2)28(11-12-31-3)22(30)26-18-8-6-5-7-17(18)24/h5-10,13-14H,4,11-12H2,1-3H3,(H,26,30). The maximum absolute atomic E-state index is 14.0. The first kappa shape index (κ1) is 22.7. The number of anilines is 1. The van der Waals surface area contributed by atoms with E-state index in [0.29, 0.717) is 28.3 Å². The Kier molecular flexibility index (Phi) is 7.25. The van der Waals surface area contributed by atoms with Crippen LogP contribution in [0.15, 0.2) is 47.3 Å². The Morgan fingerprint density at radius 2 is 2.06 bits per heavy atom. The molecule has 1 aromatic heterocycles. The number of carbonyl (C=O) groups excluding carboxylic acids is 1. The van der Waals surface area contributed by atoms with Gasteiger partial charge in [-0.1, -0.05) is 23.7 Å². The summed E-state index contributed by atoms with van der Waals surface area (Å²) in [6, 6.07) is 9.69. The van der Waals surface area contributed by atoms with Crippen LogP contribution in [0, 0.1) is 5.82 Å². The van der Waals surface area contributed by atoms with Gasteiger partial charge in [-0.05, 0) is 44.2 Å². The number of ether oxygens (including phenoxy) is 1. The van der Waals surface area contributed by atoms with Gasteiger partial charge in [0.1, 0.15) is 11.6 Å². The molecule has 2 aromatic carbocycles. The maximum Gasteiger partial charge on any atom is 0.322 e. The molecule has 3 rings (SSSR count). The van der Waals surface area contributed by atoms with Crippen LogP contribution in [0.3, 0.4) is 0 Å². The minimum absolute atomic E-state index is 0.0632. The highest BCUT2D eigenvalue weighted by Gasteiger charge is 2.26. The molecule has 1 N–H and O–H groups in total. The summed E-state index contributed by atoms with van der Waals surface area (Å²) in [6.07, 6.45) is 0. The number of fused-ring (bicyclic) bond motifs is 1. The zero-order chi connectivity index (χ0) is 22.5. The lowest BCUT2D eigenvalue weighted by atomic mass is 10.2. The number of hydrogen-bond acceptors (Lipinski definition) is 4. The lowest BCUT2D eigenvalue weighted by Crippen LogP contribution is -2.41. The van der Waals surface area contributed by atoms with E-state index >= 15 is 0 Å². The van der Waals surface area contributed by atoms with E-state index < -0.39 is 17.9 Å². The molecule has 0 saturated heterocycles. The first-order chi connectivity index (χ1) is 14.9. The average molecular weight is 447 g/mol. The maximum atomic E-state index is 14.0. The number of amides is 2. The third kappa shape index (κ3) is 4.86. The predicted octanol–water partition coefficient (Wildman–Crippen LogP) is 4.45. The fourth-order valence-electron chi connectivity index (χ4n) is 3.39. The summed E-state index contributed by atoms with van der Waals surface area (Å²) in [5.74, 6) is -0.138. The number of para-hydroxylation sites is 1.